The second-order valence-corrected chi connectivity index (χ2v) is 3.78. The van der Waals surface area contributed by atoms with Gasteiger partial charge in [-0.1, -0.05) is 42.0 Å². The van der Waals surface area contributed by atoms with E-state index in [1.165, 1.54) is 0 Å². The van der Waals surface area contributed by atoms with E-state index in [1.54, 1.807) is 12.1 Å². The molecule has 0 radical (unpaired) electrons. The summed E-state index contributed by atoms with van der Waals surface area (Å²) in [4.78, 5) is 12.1. The Bertz CT molecular complexity index is 515. The SMILES string of the molecule is Cc1ccc(C(=O)c2ccccc2N)cc1. The van der Waals surface area contributed by atoms with Crippen molar-refractivity contribution < 1.29 is 4.79 Å². The van der Waals surface area contributed by atoms with Crippen molar-refractivity contribution >= 4 is 11.5 Å². The summed E-state index contributed by atoms with van der Waals surface area (Å²) in [6.45, 7) is 1.99. The molecule has 0 unspecified atom stereocenters. The third-order valence-electron chi connectivity index (χ3n) is 2.52. The molecule has 0 spiro atoms. The van der Waals surface area contributed by atoms with Crippen LogP contribution in [-0.2, 0) is 0 Å². The van der Waals surface area contributed by atoms with E-state index in [0.29, 0.717) is 16.8 Å². The average Bonchev–Trinajstić information content (AvgIpc) is 2.30. The number of aryl methyl sites for hydroxylation is 1. The number of carbonyl (C=O) groups is 1. The fraction of sp³-hybridized carbons (Fsp3) is 0.0714. The molecule has 16 heavy (non-hydrogen) atoms. The molecular formula is C14H13NO. The molecule has 0 aromatic heterocycles. The molecule has 2 N–H and O–H groups in total. The summed E-state index contributed by atoms with van der Waals surface area (Å²) >= 11 is 0. The van der Waals surface area contributed by atoms with E-state index >= 15 is 0 Å². The number of benzene rings is 2. The van der Waals surface area contributed by atoms with Crippen molar-refractivity contribution in [2.75, 3.05) is 5.73 Å². The van der Waals surface area contributed by atoms with Gasteiger partial charge in [0.15, 0.2) is 5.78 Å². The number of hydrogen-bond acceptors (Lipinski definition) is 2. The summed E-state index contributed by atoms with van der Waals surface area (Å²) in [6.07, 6.45) is 0. The Morgan fingerprint density at radius 1 is 1.00 bits per heavy atom. The van der Waals surface area contributed by atoms with Gasteiger partial charge in [-0.05, 0) is 19.1 Å². The Balaban J connectivity index is 2.40. The molecule has 0 aliphatic rings. The van der Waals surface area contributed by atoms with Gasteiger partial charge in [0.05, 0.1) is 0 Å². The number of nitrogen functional groups attached to an aromatic ring is 1. The molecule has 0 aliphatic carbocycles. The molecule has 2 nitrogen and oxygen atoms in total. The lowest BCUT2D eigenvalue weighted by atomic mass is 10.0. The fourth-order valence-corrected chi connectivity index (χ4v) is 1.56. The van der Waals surface area contributed by atoms with Gasteiger partial charge >= 0.3 is 0 Å². The highest BCUT2D eigenvalue weighted by Crippen LogP contribution is 2.16. The van der Waals surface area contributed by atoms with Crippen molar-refractivity contribution in [3.63, 3.8) is 0 Å². The second-order valence-electron chi connectivity index (χ2n) is 3.78. The number of nitrogens with two attached hydrogens (primary N) is 1. The minimum absolute atomic E-state index is 0.0295. The first-order valence-electron chi connectivity index (χ1n) is 5.14. The third-order valence-corrected chi connectivity index (χ3v) is 2.52. The van der Waals surface area contributed by atoms with Crippen LogP contribution in [0.15, 0.2) is 48.5 Å². The Hall–Kier alpha value is -2.09. The van der Waals surface area contributed by atoms with Crippen molar-refractivity contribution in [2.45, 2.75) is 6.92 Å². The highest BCUT2D eigenvalue weighted by Gasteiger charge is 2.10. The second kappa shape index (κ2) is 4.19. The van der Waals surface area contributed by atoms with Crippen LogP contribution in [0.2, 0.25) is 0 Å². The van der Waals surface area contributed by atoms with Gasteiger partial charge in [0.25, 0.3) is 0 Å². The van der Waals surface area contributed by atoms with Gasteiger partial charge in [-0.2, -0.15) is 0 Å². The summed E-state index contributed by atoms with van der Waals surface area (Å²) in [5.74, 6) is -0.0295. The van der Waals surface area contributed by atoms with E-state index < -0.39 is 0 Å². The topological polar surface area (TPSA) is 43.1 Å². The van der Waals surface area contributed by atoms with Crippen LogP contribution in [0, 0.1) is 6.92 Å². The fourth-order valence-electron chi connectivity index (χ4n) is 1.56. The normalized spacial score (nSPS) is 10.1. The van der Waals surface area contributed by atoms with Crippen molar-refractivity contribution in [1.29, 1.82) is 0 Å². The van der Waals surface area contributed by atoms with Crippen LogP contribution >= 0.6 is 0 Å². The van der Waals surface area contributed by atoms with Crippen molar-refractivity contribution in [3.8, 4) is 0 Å². The highest BCUT2D eigenvalue weighted by atomic mass is 16.1. The molecule has 0 saturated carbocycles. The van der Waals surface area contributed by atoms with E-state index in [0.717, 1.165) is 5.56 Å². The van der Waals surface area contributed by atoms with Gasteiger partial charge in [-0.3, -0.25) is 4.79 Å². The van der Waals surface area contributed by atoms with Crippen LogP contribution in [-0.4, -0.2) is 5.78 Å². The van der Waals surface area contributed by atoms with Gasteiger partial charge in [0.2, 0.25) is 0 Å². The average molecular weight is 211 g/mol. The first-order chi connectivity index (χ1) is 7.68. The van der Waals surface area contributed by atoms with E-state index in [2.05, 4.69) is 0 Å². The number of ketones is 1. The molecule has 0 aliphatic heterocycles. The maximum Gasteiger partial charge on any atom is 0.195 e. The van der Waals surface area contributed by atoms with Crippen LogP contribution in [0.5, 0.6) is 0 Å². The van der Waals surface area contributed by atoms with Crippen LogP contribution in [0.1, 0.15) is 21.5 Å². The van der Waals surface area contributed by atoms with E-state index in [4.69, 9.17) is 5.73 Å². The van der Waals surface area contributed by atoms with Gasteiger partial charge in [-0.25, -0.2) is 0 Å². The summed E-state index contributed by atoms with van der Waals surface area (Å²) < 4.78 is 0. The summed E-state index contributed by atoms with van der Waals surface area (Å²) in [5.41, 5.74) is 8.66. The van der Waals surface area contributed by atoms with Gasteiger partial charge in [-0.15, -0.1) is 0 Å². The first-order valence-corrected chi connectivity index (χ1v) is 5.14. The van der Waals surface area contributed by atoms with Gasteiger partial charge in [0, 0.05) is 16.8 Å². The number of carbonyl (C=O) groups excluding carboxylic acids is 1. The molecule has 0 saturated heterocycles. The quantitative estimate of drug-likeness (QED) is 0.613. The molecule has 0 amide bonds. The minimum Gasteiger partial charge on any atom is -0.398 e. The number of anilines is 1. The molecule has 0 heterocycles. The first kappa shape index (κ1) is 10.4. The number of hydrogen-bond donors (Lipinski definition) is 1. The minimum atomic E-state index is -0.0295. The third kappa shape index (κ3) is 1.96. The zero-order valence-corrected chi connectivity index (χ0v) is 9.10. The zero-order valence-electron chi connectivity index (χ0n) is 9.10. The maximum absolute atomic E-state index is 12.1. The Morgan fingerprint density at radius 2 is 1.62 bits per heavy atom. The van der Waals surface area contributed by atoms with Crippen LogP contribution in [0.3, 0.4) is 0 Å². The van der Waals surface area contributed by atoms with Crippen LogP contribution < -0.4 is 5.73 Å². The molecule has 0 fully saturated rings. The van der Waals surface area contributed by atoms with Crippen LogP contribution in [0.25, 0.3) is 0 Å². The van der Waals surface area contributed by atoms with Crippen molar-refractivity contribution in [3.05, 3.63) is 65.2 Å². The highest BCUT2D eigenvalue weighted by molar-refractivity contribution is 6.12. The lowest BCUT2D eigenvalue weighted by Gasteiger charge is -2.04. The maximum atomic E-state index is 12.1. The predicted octanol–water partition coefficient (Wildman–Crippen LogP) is 2.81. The monoisotopic (exact) mass is 211 g/mol. The van der Waals surface area contributed by atoms with Crippen LogP contribution in [0.4, 0.5) is 5.69 Å². The summed E-state index contributed by atoms with van der Waals surface area (Å²) in [6, 6.07) is 14.6. The molecule has 0 atom stereocenters. The van der Waals surface area contributed by atoms with Gasteiger partial charge < -0.3 is 5.73 Å². The van der Waals surface area contributed by atoms with E-state index in [9.17, 15) is 4.79 Å². The Morgan fingerprint density at radius 3 is 2.25 bits per heavy atom. The largest absolute Gasteiger partial charge is 0.398 e. The van der Waals surface area contributed by atoms with Crippen molar-refractivity contribution in [1.82, 2.24) is 0 Å². The smallest absolute Gasteiger partial charge is 0.195 e. The van der Waals surface area contributed by atoms with E-state index in [1.807, 2.05) is 43.3 Å². The Kier molecular flexibility index (Phi) is 2.73. The lowest BCUT2D eigenvalue weighted by Crippen LogP contribution is -2.04. The van der Waals surface area contributed by atoms with Crippen molar-refractivity contribution in [2.24, 2.45) is 0 Å². The molecule has 80 valence electrons. The molecule has 2 aromatic carbocycles. The molecule has 2 aromatic rings. The zero-order chi connectivity index (χ0) is 11.5. The summed E-state index contributed by atoms with van der Waals surface area (Å²) in [5, 5.41) is 0. The summed E-state index contributed by atoms with van der Waals surface area (Å²) in [7, 11) is 0. The van der Waals surface area contributed by atoms with Gasteiger partial charge in [0.1, 0.15) is 0 Å². The number of para-hydroxylation sites is 1. The van der Waals surface area contributed by atoms with E-state index in [-0.39, 0.29) is 5.78 Å². The standard InChI is InChI=1S/C14H13NO/c1-10-6-8-11(9-7-10)14(16)12-4-2-3-5-13(12)15/h2-9H,15H2,1H3. The molecule has 2 rings (SSSR count). The predicted molar refractivity (Wildman–Crippen MR) is 65.5 cm³/mol. The molecule has 0 bridgehead atoms. The Labute approximate surface area is 94.7 Å². The molecular weight excluding hydrogens is 198 g/mol. The molecule has 2 heteroatoms. The number of rotatable bonds is 2. The lowest BCUT2D eigenvalue weighted by molar-refractivity contribution is 0.103.